The van der Waals surface area contributed by atoms with Crippen molar-refractivity contribution in [3.05, 3.63) is 72.8 Å². The Balaban J connectivity index is 1.52. The average Bonchev–Trinajstić information content (AvgIpc) is 3.67. The van der Waals surface area contributed by atoms with E-state index < -0.39 is 83.9 Å². The number of sulfone groups is 1. The van der Waals surface area contributed by atoms with E-state index in [-0.39, 0.29) is 42.4 Å². The van der Waals surface area contributed by atoms with Crippen LogP contribution in [0.2, 0.25) is 0 Å². The molecule has 0 aromatic heterocycles. The van der Waals surface area contributed by atoms with E-state index in [1.807, 2.05) is 36.8 Å². The molecule has 1 heterocycles. The van der Waals surface area contributed by atoms with Crippen LogP contribution in [0.15, 0.2) is 82.6 Å². The maximum absolute atomic E-state index is 14.9. The van der Waals surface area contributed by atoms with E-state index >= 15 is 0 Å². The highest BCUT2D eigenvalue weighted by molar-refractivity contribution is 7.98. The maximum atomic E-state index is 14.9. The fourth-order valence-electron chi connectivity index (χ4n) is 5.81. The van der Waals surface area contributed by atoms with Gasteiger partial charge in [0, 0.05) is 22.6 Å². The van der Waals surface area contributed by atoms with Crippen LogP contribution in [0.25, 0.3) is 0 Å². The van der Waals surface area contributed by atoms with E-state index in [2.05, 4.69) is 10.6 Å². The number of hydrogen-bond donors (Lipinski definition) is 3. The van der Waals surface area contributed by atoms with E-state index in [0.29, 0.717) is 6.42 Å². The Morgan fingerprint density at radius 2 is 1.32 bits per heavy atom. The van der Waals surface area contributed by atoms with Crippen molar-refractivity contribution in [2.24, 2.45) is 5.92 Å². The SMILES string of the molecule is CSc1ccc(OP(=O)(Oc2ccc(SC)cc2)[C@@H](NC(=O)[C@@H]2CCCN2C(=O)[C@H](CCS(C)(=O)=O)NC(=O)COc2ccc(OCC(=O)O)cc2)C(C)C)cc1. The Kier molecular flexibility index (Phi) is 16.6. The second-order valence-corrected chi connectivity index (χ2v) is 19.5. The van der Waals surface area contributed by atoms with E-state index in [1.54, 1.807) is 38.1 Å². The number of thioether (sulfide) groups is 2. The van der Waals surface area contributed by atoms with Gasteiger partial charge < -0.3 is 39.2 Å². The standard InChI is InChI=1S/C38H48N3O12PS3/c1-25(2)37(54(47,52-28-12-16-30(55-3)17-13-28)53-29-14-18-31(56-4)19-15-29)40-36(45)33-7-6-21-41(33)38(46)32(20-22-57(5,48)49)39-34(42)23-50-26-8-10-27(11-9-26)51-24-35(43)44/h8-19,25,32-33,37H,6-7,20-24H2,1-5H3,(H,39,42)(H,40,45)(H,43,44)/t32-,33-,37+/m0/s1. The van der Waals surface area contributed by atoms with Crippen LogP contribution in [-0.2, 0) is 33.6 Å². The topological polar surface area (TPSA) is 204 Å². The molecule has 0 saturated carbocycles. The lowest BCUT2D eigenvalue weighted by Crippen LogP contribution is -2.55. The Morgan fingerprint density at radius 1 is 0.825 bits per heavy atom. The van der Waals surface area contributed by atoms with Crippen LogP contribution < -0.4 is 29.2 Å². The predicted molar refractivity (Wildman–Crippen MR) is 218 cm³/mol. The lowest BCUT2D eigenvalue weighted by Gasteiger charge is -2.33. The summed E-state index contributed by atoms with van der Waals surface area (Å²) in [5.41, 5.74) is 0. The number of hydrogen-bond acceptors (Lipinski definition) is 13. The fraction of sp³-hybridized carbons (Fsp3) is 0.421. The third kappa shape index (κ3) is 13.9. The summed E-state index contributed by atoms with van der Waals surface area (Å²) in [7, 11) is -7.80. The minimum Gasteiger partial charge on any atom is -0.484 e. The summed E-state index contributed by atoms with van der Waals surface area (Å²) in [6.07, 6.45) is 5.28. The number of nitrogens with one attached hydrogen (secondary N) is 2. The summed E-state index contributed by atoms with van der Waals surface area (Å²) in [6, 6.07) is 17.4. The lowest BCUT2D eigenvalue weighted by atomic mass is 10.1. The van der Waals surface area contributed by atoms with E-state index in [0.717, 1.165) is 16.0 Å². The Bertz CT molecular complexity index is 1950. The summed E-state index contributed by atoms with van der Waals surface area (Å²) in [5.74, 6) is -4.15. The quantitative estimate of drug-likeness (QED) is 0.0915. The molecule has 3 N–H and O–H groups in total. The number of aliphatic carboxylic acids is 1. The van der Waals surface area contributed by atoms with Crippen LogP contribution in [0.4, 0.5) is 0 Å². The summed E-state index contributed by atoms with van der Waals surface area (Å²) in [4.78, 5) is 55.2. The Morgan fingerprint density at radius 3 is 1.77 bits per heavy atom. The van der Waals surface area contributed by atoms with Gasteiger partial charge in [0.25, 0.3) is 5.91 Å². The van der Waals surface area contributed by atoms with Crippen LogP contribution in [0.3, 0.4) is 0 Å². The van der Waals surface area contributed by atoms with Crippen LogP contribution >= 0.6 is 31.1 Å². The number of carboxylic acid groups (broad SMARTS) is 1. The molecule has 310 valence electrons. The van der Waals surface area contributed by atoms with Crippen molar-refractivity contribution in [2.45, 2.75) is 60.8 Å². The zero-order valence-electron chi connectivity index (χ0n) is 32.2. The normalized spacial score (nSPS) is 15.3. The van der Waals surface area contributed by atoms with Crippen molar-refractivity contribution in [3.8, 4) is 23.0 Å². The van der Waals surface area contributed by atoms with E-state index in [1.165, 1.54) is 52.7 Å². The number of benzene rings is 3. The van der Waals surface area contributed by atoms with Crippen LogP contribution in [-0.4, -0.2) is 104 Å². The van der Waals surface area contributed by atoms with Gasteiger partial charge in [-0.05, 0) is 110 Å². The van der Waals surface area contributed by atoms with Gasteiger partial charge >= 0.3 is 13.6 Å². The number of likely N-dealkylation sites (tertiary alicyclic amines) is 1. The van der Waals surface area contributed by atoms with E-state index in [9.17, 15) is 32.2 Å². The highest BCUT2D eigenvalue weighted by atomic mass is 32.2. The first-order chi connectivity index (χ1) is 27.0. The summed E-state index contributed by atoms with van der Waals surface area (Å²) < 4.78 is 62.1. The number of rotatable bonds is 21. The zero-order valence-corrected chi connectivity index (χ0v) is 35.6. The van der Waals surface area contributed by atoms with Gasteiger partial charge in [0.1, 0.15) is 44.9 Å². The molecule has 0 bridgehead atoms. The largest absolute Gasteiger partial charge is 0.484 e. The molecule has 4 rings (SSSR count). The second-order valence-electron chi connectivity index (χ2n) is 13.4. The first kappa shape index (κ1) is 45.3. The molecular weight excluding hydrogens is 818 g/mol. The number of carbonyl (C=O) groups excluding carboxylic acids is 3. The molecule has 0 radical (unpaired) electrons. The van der Waals surface area contributed by atoms with Gasteiger partial charge in [0.2, 0.25) is 11.8 Å². The third-order valence-corrected chi connectivity index (χ3v) is 13.5. The minimum absolute atomic E-state index is 0.148. The molecule has 1 aliphatic rings. The number of carbonyl (C=O) groups is 4. The van der Waals surface area contributed by atoms with Crippen molar-refractivity contribution in [1.29, 1.82) is 0 Å². The number of amides is 3. The average molecular weight is 866 g/mol. The van der Waals surface area contributed by atoms with Gasteiger partial charge in [-0.15, -0.1) is 23.5 Å². The van der Waals surface area contributed by atoms with Crippen LogP contribution in [0.1, 0.15) is 33.1 Å². The fourth-order valence-corrected chi connectivity index (χ4v) is 9.40. The Labute approximate surface area is 341 Å². The molecule has 15 nitrogen and oxygen atoms in total. The van der Waals surface area contributed by atoms with Gasteiger partial charge in [-0.3, -0.25) is 14.4 Å². The minimum atomic E-state index is -4.24. The van der Waals surface area contributed by atoms with Gasteiger partial charge in [-0.25, -0.2) is 17.8 Å². The maximum Gasteiger partial charge on any atom is 0.453 e. The highest BCUT2D eigenvalue weighted by Gasteiger charge is 2.46. The molecule has 0 aliphatic carbocycles. The van der Waals surface area contributed by atoms with Crippen molar-refractivity contribution in [1.82, 2.24) is 15.5 Å². The van der Waals surface area contributed by atoms with Crippen molar-refractivity contribution < 1.29 is 55.8 Å². The molecule has 3 aromatic carbocycles. The van der Waals surface area contributed by atoms with Gasteiger partial charge in [0.05, 0.1) is 5.75 Å². The highest BCUT2D eigenvalue weighted by Crippen LogP contribution is 2.54. The molecule has 3 aromatic rings. The first-order valence-corrected chi connectivity index (χ1v) is 24.0. The monoisotopic (exact) mass is 865 g/mol. The molecule has 1 aliphatic heterocycles. The summed E-state index contributed by atoms with van der Waals surface area (Å²) >= 11 is 3.05. The molecule has 0 unspecified atom stereocenters. The van der Waals surface area contributed by atoms with Gasteiger partial charge in [-0.2, -0.15) is 0 Å². The van der Waals surface area contributed by atoms with Crippen molar-refractivity contribution >= 4 is 64.6 Å². The number of ether oxygens (including phenoxy) is 2. The predicted octanol–water partition coefficient (Wildman–Crippen LogP) is 5.33. The number of carboxylic acids is 1. The molecule has 0 spiro atoms. The molecule has 3 atom stereocenters. The summed E-state index contributed by atoms with van der Waals surface area (Å²) in [5, 5.41) is 14.2. The zero-order chi connectivity index (χ0) is 41.8. The second kappa shape index (κ2) is 20.9. The van der Waals surface area contributed by atoms with E-state index in [4.69, 9.17) is 23.6 Å². The van der Waals surface area contributed by atoms with Gasteiger partial charge in [-0.1, -0.05) is 13.8 Å². The molecule has 57 heavy (non-hydrogen) atoms. The van der Waals surface area contributed by atoms with Crippen molar-refractivity contribution in [3.63, 3.8) is 0 Å². The summed E-state index contributed by atoms with van der Waals surface area (Å²) in [6.45, 7) is 2.60. The van der Waals surface area contributed by atoms with Crippen LogP contribution in [0, 0.1) is 5.92 Å². The van der Waals surface area contributed by atoms with Crippen LogP contribution in [0.5, 0.6) is 23.0 Å². The third-order valence-electron chi connectivity index (χ3n) is 8.65. The first-order valence-electron chi connectivity index (χ1n) is 17.9. The molecule has 1 saturated heterocycles. The smallest absolute Gasteiger partial charge is 0.453 e. The molecule has 19 heteroatoms. The lowest BCUT2D eigenvalue weighted by molar-refractivity contribution is -0.141. The number of nitrogens with zero attached hydrogens (tertiary/aromatic N) is 1. The Hall–Kier alpha value is -4.38. The molecular formula is C38H48N3O12PS3. The molecule has 3 amide bonds. The van der Waals surface area contributed by atoms with Crippen molar-refractivity contribution in [2.75, 3.05) is 44.3 Å². The van der Waals surface area contributed by atoms with Gasteiger partial charge in [0.15, 0.2) is 19.0 Å². The molecule has 1 fully saturated rings.